The molecule has 0 fully saturated rings. The first-order valence-corrected chi connectivity index (χ1v) is 10.3. The molecule has 0 aliphatic heterocycles. The number of nitrogens with one attached hydrogen (secondary N) is 1. The van der Waals surface area contributed by atoms with Crippen molar-refractivity contribution in [3.05, 3.63) is 93.9 Å². The number of amides is 1. The summed E-state index contributed by atoms with van der Waals surface area (Å²) >= 11 is 6.05. The minimum atomic E-state index is -0.496. The Morgan fingerprint density at radius 1 is 1.12 bits per heavy atom. The van der Waals surface area contributed by atoms with Gasteiger partial charge in [-0.2, -0.15) is 0 Å². The molecule has 1 atom stereocenters. The zero-order valence-corrected chi connectivity index (χ0v) is 18.4. The van der Waals surface area contributed by atoms with E-state index in [-0.39, 0.29) is 28.9 Å². The van der Waals surface area contributed by atoms with Gasteiger partial charge in [-0.05, 0) is 42.3 Å². The molecule has 0 saturated heterocycles. The van der Waals surface area contributed by atoms with Gasteiger partial charge in [0.25, 0.3) is 5.91 Å². The average Bonchev–Trinajstić information content (AvgIpc) is 2.80. The quantitative estimate of drug-likeness (QED) is 0.494. The fourth-order valence-electron chi connectivity index (χ4n) is 3.14. The first-order chi connectivity index (χ1) is 15.4. The lowest BCUT2D eigenvalue weighted by atomic mass is 10.0. The second kappa shape index (κ2) is 10.7. The van der Waals surface area contributed by atoms with Crippen LogP contribution in [0.2, 0.25) is 5.02 Å². The number of benzene rings is 2. The average molecular weight is 457 g/mol. The van der Waals surface area contributed by atoms with E-state index in [2.05, 4.69) is 10.3 Å². The van der Waals surface area contributed by atoms with Crippen LogP contribution >= 0.6 is 11.6 Å². The van der Waals surface area contributed by atoms with Gasteiger partial charge in [0.2, 0.25) is 5.88 Å². The van der Waals surface area contributed by atoms with Gasteiger partial charge in [0.15, 0.2) is 0 Å². The van der Waals surface area contributed by atoms with Crippen molar-refractivity contribution in [1.29, 1.82) is 0 Å². The van der Waals surface area contributed by atoms with Crippen LogP contribution in [0.1, 0.15) is 44.8 Å². The largest absolute Gasteiger partial charge is 0.477 e. The van der Waals surface area contributed by atoms with E-state index in [0.717, 1.165) is 5.56 Å². The van der Waals surface area contributed by atoms with Gasteiger partial charge >= 0.3 is 5.97 Å². The molecule has 0 radical (unpaired) electrons. The minimum Gasteiger partial charge on any atom is -0.477 e. The van der Waals surface area contributed by atoms with Gasteiger partial charge in [0.1, 0.15) is 11.4 Å². The zero-order chi connectivity index (χ0) is 23.1. The molecule has 0 bridgehead atoms. The molecule has 1 amide bonds. The molecule has 8 heteroatoms. The number of carbonyl (C=O) groups is 2. The van der Waals surface area contributed by atoms with Crippen LogP contribution in [0.3, 0.4) is 0 Å². The van der Waals surface area contributed by atoms with Crippen molar-refractivity contribution in [3.63, 3.8) is 0 Å². The summed E-state index contributed by atoms with van der Waals surface area (Å²) in [6, 6.07) is 13.9. The Labute approximate surface area is 190 Å². The molecule has 0 aliphatic rings. The van der Waals surface area contributed by atoms with Crippen LogP contribution in [-0.2, 0) is 11.2 Å². The first kappa shape index (κ1) is 23.2. The molecule has 6 nitrogen and oxygen atoms in total. The number of rotatable bonds is 8. The molecule has 1 aromatic heterocycles. The van der Waals surface area contributed by atoms with Gasteiger partial charge in [-0.25, -0.2) is 14.2 Å². The van der Waals surface area contributed by atoms with Crippen LogP contribution in [0.25, 0.3) is 0 Å². The van der Waals surface area contributed by atoms with Gasteiger partial charge in [0, 0.05) is 12.6 Å². The van der Waals surface area contributed by atoms with Crippen molar-refractivity contribution >= 4 is 23.5 Å². The van der Waals surface area contributed by atoms with Crippen LogP contribution in [0, 0.1) is 5.82 Å². The summed E-state index contributed by atoms with van der Waals surface area (Å²) in [5.74, 6) is -1.13. The molecule has 166 valence electrons. The van der Waals surface area contributed by atoms with Gasteiger partial charge in [-0.3, -0.25) is 4.79 Å². The molecule has 3 rings (SSSR count). The highest BCUT2D eigenvalue weighted by molar-refractivity contribution is 6.30. The predicted octanol–water partition coefficient (Wildman–Crippen LogP) is 4.77. The maximum absolute atomic E-state index is 13.0. The fraction of sp³-hybridized carbons (Fsp3) is 0.208. The van der Waals surface area contributed by atoms with E-state index in [4.69, 9.17) is 21.1 Å². The van der Waals surface area contributed by atoms with E-state index in [0.29, 0.717) is 17.5 Å². The molecular formula is C24H22ClFN2O4. The van der Waals surface area contributed by atoms with Crippen LogP contribution in [-0.4, -0.2) is 30.6 Å². The summed E-state index contributed by atoms with van der Waals surface area (Å²) in [5, 5.41) is 3.13. The Hall–Kier alpha value is -3.45. The van der Waals surface area contributed by atoms with E-state index in [1.807, 2.05) is 0 Å². The molecule has 1 N–H and O–H groups in total. The number of nitrogens with zero attached hydrogens (tertiary/aromatic N) is 1. The molecule has 0 spiro atoms. The third-order valence-electron chi connectivity index (χ3n) is 4.79. The van der Waals surface area contributed by atoms with Crippen molar-refractivity contribution in [2.24, 2.45) is 0 Å². The highest BCUT2D eigenvalue weighted by atomic mass is 35.5. The number of hydrogen-bond acceptors (Lipinski definition) is 5. The summed E-state index contributed by atoms with van der Waals surface area (Å²) < 4.78 is 23.6. The predicted molar refractivity (Wildman–Crippen MR) is 119 cm³/mol. The lowest BCUT2D eigenvalue weighted by molar-refractivity contribution is 0.0597. The third-order valence-corrected chi connectivity index (χ3v) is 4.99. The number of ether oxygens (including phenoxy) is 2. The van der Waals surface area contributed by atoms with E-state index in [9.17, 15) is 14.0 Å². The zero-order valence-electron chi connectivity index (χ0n) is 17.6. The van der Waals surface area contributed by atoms with Gasteiger partial charge in [-0.1, -0.05) is 41.9 Å². The van der Waals surface area contributed by atoms with Crippen LogP contribution < -0.4 is 10.1 Å². The van der Waals surface area contributed by atoms with E-state index >= 15 is 0 Å². The maximum atomic E-state index is 13.0. The molecule has 0 unspecified atom stereocenters. The summed E-state index contributed by atoms with van der Waals surface area (Å²) in [5.41, 5.74) is 2.03. The Morgan fingerprint density at radius 3 is 2.56 bits per heavy atom. The summed E-state index contributed by atoms with van der Waals surface area (Å²) in [7, 11) is 1.30. The highest BCUT2D eigenvalue weighted by Gasteiger charge is 2.21. The number of esters is 1. The van der Waals surface area contributed by atoms with Crippen molar-refractivity contribution in [2.75, 3.05) is 13.7 Å². The van der Waals surface area contributed by atoms with Crippen molar-refractivity contribution in [3.8, 4) is 5.88 Å². The van der Waals surface area contributed by atoms with Crippen LogP contribution in [0.5, 0.6) is 5.88 Å². The summed E-state index contributed by atoms with van der Waals surface area (Å²) in [6.45, 7) is 1.99. The Balaban J connectivity index is 1.73. The number of carbonyl (C=O) groups excluding carboxylic acids is 2. The molecule has 2 aromatic carbocycles. The number of hydrogen-bond donors (Lipinski definition) is 1. The third kappa shape index (κ3) is 5.82. The second-order valence-corrected chi connectivity index (χ2v) is 7.44. The van der Waals surface area contributed by atoms with Crippen LogP contribution in [0.15, 0.2) is 60.8 Å². The minimum absolute atomic E-state index is 0.127. The number of aromatic nitrogens is 1. The standard InChI is InChI=1S/C24H22ClFN2O4/c1-15(19-5-3-4-6-20(19)24(30)31-2)28-22(29)21-13-17(25)14-27-23(21)32-12-11-16-7-9-18(26)10-8-16/h3-10,13-15H,11-12H2,1-2H3,(H,28,29)/t15-/m0/s1. The molecule has 32 heavy (non-hydrogen) atoms. The summed E-state index contributed by atoms with van der Waals surface area (Å²) in [6.07, 6.45) is 1.90. The van der Waals surface area contributed by atoms with Gasteiger partial charge in [-0.15, -0.1) is 0 Å². The number of pyridine rings is 1. The number of methoxy groups -OCH3 is 1. The fourth-order valence-corrected chi connectivity index (χ4v) is 3.30. The van der Waals surface area contributed by atoms with Crippen molar-refractivity contribution in [1.82, 2.24) is 10.3 Å². The second-order valence-electron chi connectivity index (χ2n) is 7.01. The van der Waals surface area contributed by atoms with Gasteiger partial charge in [0.05, 0.1) is 30.3 Å². The number of halogens is 2. The summed E-state index contributed by atoms with van der Waals surface area (Å²) in [4.78, 5) is 29.2. The Kier molecular flexibility index (Phi) is 7.78. The molecule has 0 aliphatic carbocycles. The normalized spacial score (nSPS) is 11.5. The monoisotopic (exact) mass is 456 g/mol. The van der Waals surface area contributed by atoms with E-state index in [1.54, 1.807) is 43.3 Å². The Bertz CT molecular complexity index is 1110. The van der Waals surface area contributed by atoms with Gasteiger partial charge < -0.3 is 14.8 Å². The van der Waals surface area contributed by atoms with E-state index in [1.165, 1.54) is 31.5 Å². The van der Waals surface area contributed by atoms with Crippen molar-refractivity contribution in [2.45, 2.75) is 19.4 Å². The molecular weight excluding hydrogens is 435 g/mol. The van der Waals surface area contributed by atoms with Crippen molar-refractivity contribution < 1.29 is 23.5 Å². The van der Waals surface area contributed by atoms with Crippen LogP contribution in [0.4, 0.5) is 4.39 Å². The van der Waals surface area contributed by atoms with E-state index < -0.39 is 17.9 Å². The topological polar surface area (TPSA) is 77.5 Å². The maximum Gasteiger partial charge on any atom is 0.338 e. The first-order valence-electron chi connectivity index (χ1n) is 9.90. The highest BCUT2D eigenvalue weighted by Crippen LogP contribution is 2.23. The lowest BCUT2D eigenvalue weighted by Gasteiger charge is -2.18. The Morgan fingerprint density at radius 2 is 1.84 bits per heavy atom. The smallest absolute Gasteiger partial charge is 0.338 e. The molecule has 3 aromatic rings. The lowest BCUT2D eigenvalue weighted by Crippen LogP contribution is -2.28. The molecule has 0 saturated carbocycles. The molecule has 1 heterocycles. The SMILES string of the molecule is COC(=O)c1ccccc1[C@H](C)NC(=O)c1cc(Cl)cnc1OCCc1ccc(F)cc1.